The van der Waals surface area contributed by atoms with Crippen molar-refractivity contribution in [3.8, 4) is 0 Å². The van der Waals surface area contributed by atoms with Gasteiger partial charge in [0, 0.05) is 6.42 Å². The number of carbonyl (C=O) groups is 1. The molecule has 1 amide bonds. The molecule has 0 aliphatic carbocycles. The third-order valence-corrected chi connectivity index (χ3v) is 13.5. The van der Waals surface area contributed by atoms with Crippen LogP contribution in [0.3, 0.4) is 0 Å². The standard InChI is InChI=1S/C53H107N2O6P/c1-6-8-10-12-14-16-18-20-21-22-23-24-25-26-27-28-29-30-31-32-33-35-37-39-41-43-45-47-53(57)54-51(50-61-62(58,59)60-49-48-55(3,4)5)52(56)46-44-42-40-38-36-34-19-17-15-13-11-9-7-2/h44,46,51-52,56H,6-43,45,47-50H2,1-5H3,(H-,54,57,58,59)/p+1/b46-44+/t51-,52+/m0/s1. The third kappa shape index (κ3) is 47.2. The number of rotatable bonds is 50. The molecule has 0 spiro atoms. The lowest BCUT2D eigenvalue weighted by Gasteiger charge is -2.25. The van der Waals surface area contributed by atoms with Gasteiger partial charge in [-0.1, -0.05) is 257 Å². The fourth-order valence-corrected chi connectivity index (χ4v) is 8.96. The summed E-state index contributed by atoms with van der Waals surface area (Å²) >= 11 is 0. The molecule has 0 heterocycles. The van der Waals surface area contributed by atoms with Crippen molar-refractivity contribution in [2.45, 2.75) is 283 Å². The molecule has 0 saturated carbocycles. The van der Waals surface area contributed by atoms with Gasteiger partial charge in [0.25, 0.3) is 0 Å². The number of phosphoric ester groups is 1. The van der Waals surface area contributed by atoms with Crippen LogP contribution in [0.4, 0.5) is 0 Å². The summed E-state index contributed by atoms with van der Waals surface area (Å²) in [5, 5.41) is 13.9. The Morgan fingerprint density at radius 1 is 0.532 bits per heavy atom. The van der Waals surface area contributed by atoms with Gasteiger partial charge in [-0.05, 0) is 19.3 Å². The number of carbonyl (C=O) groups excluding carboxylic acids is 1. The molecule has 3 atom stereocenters. The maximum Gasteiger partial charge on any atom is 0.472 e. The van der Waals surface area contributed by atoms with E-state index in [0.717, 1.165) is 38.5 Å². The van der Waals surface area contributed by atoms with Gasteiger partial charge in [-0.2, -0.15) is 0 Å². The van der Waals surface area contributed by atoms with Gasteiger partial charge < -0.3 is 19.8 Å². The predicted octanol–water partition coefficient (Wildman–Crippen LogP) is 15.9. The molecule has 8 nitrogen and oxygen atoms in total. The Hall–Kier alpha value is -0.760. The number of nitrogens with zero attached hydrogens (tertiary/aromatic N) is 1. The van der Waals surface area contributed by atoms with Gasteiger partial charge in [-0.25, -0.2) is 4.57 Å². The number of amides is 1. The summed E-state index contributed by atoms with van der Waals surface area (Å²) in [7, 11) is 1.59. The minimum absolute atomic E-state index is 0.0648. The van der Waals surface area contributed by atoms with E-state index in [9.17, 15) is 19.4 Å². The van der Waals surface area contributed by atoms with Crippen LogP contribution in [0.25, 0.3) is 0 Å². The minimum Gasteiger partial charge on any atom is -0.387 e. The van der Waals surface area contributed by atoms with Gasteiger partial charge in [-0.15, -0.1) is 0 Å². The second-order valence-electron chi connectivity index (χ2n) is 20.0. The maximum absolute atomic E-state index is 12.9. The highest BCUT2D eigenvalue weighted by Crippen LogP contribution is 2.43. The highest BCUT2D eigenvalue weighted by Gasteiger charge is 2.27. The van der Waals surface area contributed by atoms with E-state index in [-0.39, 0.29) is 19.1 Å². The van der Waals surface area contributed by atoms with Crippen molar-refractivity contribution in [1.29, 1.82) is 0 Å². The first-order chi connectivity index (χ1) is 30.0. The molecular formula is C53H108N2O6P+. The summed E-state index contributed by atoms with van der Waals surface area (Å²) in [4.78, 5) is 23.2. The average Bonchev–Trinajstić information content (AvgIpc) is 3.23. The summed E-state index contributed by atoms with van der Waals surface area (Å²) in [6.45, 7) is 4.85. The van der Waals surface area contributed by atoms with E-state index < -0.39 is 20.0 Å². The molecule has 0 aromatic heterocycles. The molecule has 0 bridgehead atoms. The summed E-state index contributed by atoms with van der Waals surface area (Å²) in [6, 6.07) is -0.840. The van der Waals surface area contributed by atoms with Gasteiger partial charge >= 0.3 is 7.82 Å². The number of aliphatic hydroxyl groups is 1. The molecule has 0 aromatic carbocycles. The van der Waals surface area contributed by atoms with Crippen LogP contribution < -0.4 is 5.32 Å². The molecule has 0 aliphatic heterocycles. The molecule has 0 fully saturated rings. The molecule has 0 saturated heterocycles. The zero-order valence-corrected chi connectivity index (χ0v) is 43.0. The Kier molecular flexibility index (Phi) is 44.8. The number of allylic oxidation sites excluding steroid dienone is 1. The molecule has 0 rings (SSSR count). The Labute approximate surface area is 386 Å². The largest absolute Gasteiger partial charge is 0.472 e. The minimum atomic E-state index is -4.34. The van der Waals surface area contributed by atoms with Crippen LogP contribution in [-0.4, -0.2) is 73.4 Å². The van der Waals surface area contributed by atoms with Crippen LogP contribution in [0.15, 0.2) is 12.2 Å². The molecule has 62 heavy (non-hydrogen) atoms. The number of phosphoric acid groups is 1. The van der Waals surface area contributed by atoms with Crippen molar-refractivity contribution in [1.82, 2.24) is 5.32 Å². The van der Waals surface area contributed by atoms with Crippen LogP contribution in [0.2, 0.25) is 0 Å². The van der Waals surface area contributed by atoms with Gasteiger partial charge in [0.15, 0.2) is 0 Å². The Balaban J connectivity index is 4.09. The number of hydrogen-bond donors (Lipinski definition) is 3. The lowest BCUT2D eigenvalue weighted by molar-refractivity contribution is -0.870. The van der Waals surface area contributed by atoms with Gasteiger partial charge in [0.1, 0.15) is 13.2 Å². The highest BCUT2D eigenvalue weighted by molar-refractivity contribution is 7.47. The van der Waals surface area contributed by atoms with E-state index in [1.807, 2.05) is 27.2 Å². The zero-order chi connectivity index (χ0) is 45.7. The van der Waals surface area contributed by atoms with Gasteiger partial charge in [0.2, 0.25) is 5.91 Å². The fraction of sp³-hybridized carbons (Fsp3) is 0.943. The first-order valence-corrected chi connectivity index (χ1v) is 28.6. The van der Waals surface area contributed by atoms with E-state index in [0.29, 0.717) is 17.4 Å². The number of likely N-dealkylation sites (N-methyl/N-ethyl adjacent to an activating group) is 1. The first-order valence-electron chi connectivity index (χ1n) is 27.1. The molecule has 0 radical (unpaired) electrons. The molecule has 1 unspecified atom stereocenters. The SMILES string of the molecule is CCCCCCCCCCCCC/C=C/[C@@H](O)[C@H](COP(=O)(O)OCC[N+](C)(C)C)NC(=O)CCCCCCCCCCCCCCCCCCCCCCCCCCCCC. The van der Waals surface area contributed by atoms with Crippen molar-refractivity contribution >= 4 is 13.7 Å². The quantitative estimate of drug-likeness (QED) is 0.0243. The van der Waals surface area contributed by atoms with Gasteiger partial charge in [0.05, 0.1) is 39.9 Å². The van der Waals surface area contributed by atoms with E-state index in [1.165, 1.54) is 212 Å². The lowest BCUT2D eigenvalue weighted by Crippen LogP contribution is -2.45. The molecule has 0 aromatic rings. The molecule has 3 N–H and O–H groups in total. The fourth-order valence-electron chi connectivity index (χ4n) is 8.22. The maximum atomic E-state index is 12.9. The van der Waals surface area contributed by atoms with E-state index in [2.05, 4.69) is 19.2 Å². The zero-order valence-electron chi connectivity index (χ0n) is 42.1. The van der Waals surface area contributed by atoms with Crippen molar-refractivity contribution in [2.24, 2.45) is 0 Å². The average molecular weight is 900 g/mol. The number of unbranched alkanes of at least 4 members (excludes halogenated alkanes) is 37. The Morgan fingerprint density at radius 3 is 1.19 bits per heavy atom. The second kappa shape index (κ2) is 45.4. The smallest absolute Gasteiger partial charge is 0.387 e. The summed E-state index contributed by atoms with van der Waals surface area (Å²) < 4.78 is 23.6. The summed E-state index contributed by atoms with van der Waals surface area (Å²) in [6.07, 6.45) is 54.5. The van der Waals surface area contributed by atoms with Crippen molar-refractivity contribution < 1.29 is 32.9 Å². The predicted molar refractivity (Wildman–Crippen MR) is 268 cm³/mol. The van der Waals surface area contributed by atoms with Crippen molar-refractivity contribution in [3.63, 3.8) is 0 Å². The summed E-state index contributed by atoms with van der Waals surface area (Å²) in [5.41, 5.74) is 0. The van der Waals surface area contributed by atoms with Crippen LogP contribution >= 0.6 is 7.82 Å². The van der Waals surface area contributed by atoms with E-state index in [4.69, 9.17) is 9.05 Å². The van der Waals surface area contributed by atoms with Crippen molar-refractivity contribution in [2.75, 3.05) is 40.9 Å². The number of aliphatic hydroxyl groups excluding tert-OH is 1. The molecule has 370 valence electrons. The molecule has 0 aliphatic rings. The Morgan fingerprint density at radius 2 is 0.855 bits per heavy atom. The Bertz CT molecular complexity index is 1020. The highest BCUT2D eigenvalue weighted by atomic mass is 31.2. The second-order valence-corrected chi connectivity index (χ2v) is 21.4. The van der Waals surface area contributed by atoms with Crippen molar-refractivity contribution in [3.05, 3.63) is 12.2 Å². The lowest BCUT2D eigenvalue weighted by atomic mass is 10.0. The number of quaternary nitrogens is 1. The monoisotopic (exact) mass is 900 g/mol. The van der Waals surface area contributed by atoms with Crippen LogP contribution in [0.5, 0.6) is 0 Å². The van der Waals surface area contributed by atoms with E-state index >= 15 is 0 Å². The normalized spacial score (nSPS) is 14.1. The summed E-state index contributed by atoms with van der Waals surface area (Å²) in [5.74, 6) is -0.172. The van der Waals surface area contributed by atoms with Crippen LogP contribution in [-0.2, 0) is 18.4 Å². The first kappa shape index (κ1) is 61.2. The van der Waals surface area contributed by atoms with Gasteiger partial charge in [-0.3, -0.25) is 13.8 Å². The van der Waals surface area contributed by atoms with E-state index in [1.54, 1.807) is 6.08 Å². The van der Waals surface area contributed by atoms with Crippen LogP contribution in [0, 0.1) is 0 Å². The number of nitrogens with one attached hydrogen (secondary N) is 1. The third-order valence-electron chi connectivity index (χ3n) is 12.5. The topological polar surface area (TPSA) is 105 Å². The molecular weight excluding hydrogens is 792 g/mol. The number of hydrogen-bond acceptors (Lipinski definition) is 5. The van der Waals surface area contributed by atoms with Crippen LogP contribution in [0.1, 0.15) is 271 Å². The molecule has 9 heteroatoms.